The van der Waals surface area contributed by atoms with Crippen molar-refractivity contribution in [2.75, 3.05) is 12.1 Å². The molecular formula is C20H16N2O3S. The van der Waals surface area contributed by atoms with Gasteiger partial charge in [0.15, 0.2) is 11.5 Å². The first-order valence-corrected chi connectivity index (χ1v) is 9.26. The van der Waals surface area contributed by atoms with Crippen LogP contribution in [-0.2, 0) is 6.54 Å². The molecule has 5 nitrogen and oxygen atoms in total. The number of benzene rings is 2. The smallest absolute Gasteiger partial charge is 0.258 e. The lowest BCUT2D eigenvalue weighted by Crippen LogP contribution is -2.42. The summed E-state index contributed by atoms with van der Waals surface area (Å²) in [6, 6.07) is 17.5. The number of amides is 1. The Balaban J connectivity index is 1.53. The molecule has 2 aliphatic heterocycles. The second kappa shape index (κ2) is 6.07. The third-order valence-electron chi connectivity index (χ3n) is 4.62. The minimum atomic E-state index is -0.192. The van der Waals surface area contributed by atoms with Crippen LogP contribution in [0.3, 0.4) is 0 Å². The van der Waals surface area contributed by atoms with Crippen LogP contribution < -0.4 is 14.8 Å². The van der Waals surface area contributed by atoms with Crippen molar-refractivity contribution >= 4 is 22.9 Å². The molecule has 0 unspecified atom stereocenters. The number of nitrogens with zero attached hydrogens (tertiary/aromatic N) is 1. The summed E-state index contributed by atoms with van der Waals surface area (Å²) in [6.45, 7) is 0.730. The van der Waals surface area contributed by atoms with Crippen molar-refractivity contribution in [3.63, 3.8) is 0 Å². The van der Waals surface area contributed by atoms with E-state index in [1.165, 1.54) is 0 Å². The van der Waals surface area contributed by atoms with E-state index in [9.17, 15) is 4.79 Å². The van der Waals surface area contributed by atoms with E-state index in [1.807, 2.05) is 58.8 Å². The van der Waals surface area contributed by atoms with Crippen LogP contribution in [0.1, 0.15) is 27.0 Å². The van der Waals surface area contributed by atoms with E-state index in [0.29, 0.717) is 12.1 Å². The average Bonchev–Trinajstić information content (AvgIpc) is 3.35. The van der Waals surface area contributed by atoms with Gasteiger partial charge in [0.05, 0.1) is 5.56 Å². The van der Waals surface area contributed by atoms with Gasteiger partial charge in [-0.1, -0.05) is 24.3 Å². The number of anilines is 1. The zero-order valence-electron chi connectivity index (χ0n) is 13.8. The van der Waals surface area contributed by atoms with Gasteiger partial charge in [-0.15, -0.1) is 11.3 Å². The third kappa shape index (κ3) is 2.50. The minimum Gasteiger partial charge on any atom is -0.454 e. The van der Waals surface area contributed by atoms with Crippen molar-refractivity contribution < 1.29 is 14.3 Å². The Hall–Kier alpha value is -2.99. The van der Waals surface area contributed by atoms with Crippen LogP contribution in [0.4, 0.5) is 5.69 Å². The molecule has 26 heavy (non-hydrogen) atoms. The van der Waals surface area contributed by atoms with Crippen LogP contribution in [0.2, 0.25) is 0 Å². The van der Waals surface area contributed by atoms with Gasteiger partial charge in [-0.25, -0.2) is 0 Å². The average molecular weight is 364 g/mol. The molecule has 2 aromatic carbocycles. The molecule has 6 heteroatoms. The highest BCUT2D eigenvalue weighted by atomic mass is 32.1. The van der Waals surface area contributed by atoms with Crippen molar-refractivity contribution in [1.29, 1.82) is 0 Å². The van der Waals surface area contributed by atoms with Gasteiger partial charge in [-0.3, -0.25) is 4.79 Å². The summed E-state index contributed by atoms with van der Waals surface area (Å²) in [6.07, 6.45) is -0.192. The highest BCUT2D eigenvalue weighted by Gasteiger charge is 2.33. The quantitative estimate of drug-likeness (QED) is 0.755. The Morgan fingerprint density at radius 1 is 1.08 bits per heavy atom. The Labute approximate surface area is 154 Å². The van der Waals surface area contributed by atoms with Crippen molar-refractivity contribution in [3.05, 3.63) is 76.0 Å². The van der Waals surface area contributed by atoms with Gasteiger partial charge in [0, 0.05) is 17.1 Å². The maximum absolute atomic E-state index is 13.2. The Morgan fingerprint density at radius 2 is 1.96 bits per heavy atom. The molecule has 1 N–H and O–H groups in total. The molecule has 5 rings (SSSR count). The fourth-order valence-corrected chi connectivity index (χ4v) is 4.15. The van der Waals surface area contributed by atoms with Gasteiger partial charge in [0.2, 0.25) is 6.79 Å². The number of ether oxygens (including phenoxy) is 2. The lowest BCUT2D eigenvalue weighted by molar-refractivity contribution is 0.0669. The summed E-state index contributed by atoms with van der Waals surface area (Å²) in [4.78, 5) is 16.2. The SMILES string of the molecule is O=C1c2ccccc2N[C@H](c2cccs2)N1Cc1ccc2c(c1)OCO2. The number of thiophene rings is 1. The van der Waals surface area contributed by atoms with E-state index in [1.54, 1.807) is 11.3 Å². The van der Waals surface area contributed by atoms with E-state index >= 15 is 0 Å². The van der Waals surface area contributed by atoms with Gasteiger partial charge >= 0.3 is 0 Å². The van der Waals surface area contributed by atoms with E-state index in [4.69, 9.17) is 9.47 Å². The summed E-state index contributed by atoms with van der Waals surface area (Å²) >= 11 is 1.64. The topological polar surface area (TPSA) is 50.8 Å². The molecule has 0 saturated carbocycles. The van der Waals surface area contributed by atoms with Crippen LogP contribution in [0, 0.1) is 0 Å². The number of hydrogen-bond acceptors (Lipinski definition) is 5. The van der Waals surface area contributed by atoms with Crippen molar-refractivity contribution in [2.24, 2.45) is 0 Å². The highest BCUT2D eigenvalue weighted by Crippen LogP contribution is 2.37. The zero-order valence-corrected chi connectivity index (χ0v) is 14.7. The number of nitrogens with one attached hydrogen (secondary N) is 1. The van der Waals surface area contributed by atoms with Gasteiger partial charge in [0.1, 0.15) is 6.17 Å². The van der Waals surface area contributed by atoms with Crippen LogP contribution in [0.25, 0.3) is 0 Å². The molecule has 2 aliphatic rings. The highest BCUT2D eigenvalue weighted by molar-refractivity contribution is 7.10. The fourth-order valence-electron chi connectivity index (χ4n) is 3.36. The molecule has 1 amide bonds. The molecule has 0 saturated heterocycles. The third-order valence-corrected chi connectivity index (χ3v) is 5.55. The summed E-state index contributed by atoms with van der Waals surface area (Å²) in [5.41, 5.74) is 2.57. The lowest BCUT2D eigenvalue weighted by Gasteiger charge is -2.37. The van der Waals surface area contributed by atoms with Crippen LogP contribution in [0.15, 0.2) is 60.0 Å². The van der Waals surface area contributed by atoms with E-state index in [-0.39, 0.29) is 18.9 Å². The van der Waals surface area contributed by atoms with Crippen molar-refractivity contribution in [3.8, 4) is 11.5 Å². The fraction of sp³-hybridized carbons (Fsp3) is 0.150. The number of para-hydroxylation sites is 1. The number of hydrogen-bond donors (Lipinski definition) is 1. The lowest BCUT2D eigenvalue weighted by atomic mass is 10.1. The minimum absolute atomic E-state index is 0.0235. The van der Waals surface area contributed by atoms with Crippen LogP contribution >= 0.6 is 11.3 Å². The molecule has 3 aromatic rings. The van der Waals surface area contributed by atoms with Gasteiger partial charge in [-0.2, -0.15) is 0 Å². The van der Waals surface area contributed by atoms with Gasteiger partial charge in [0.25, 0.3) is 5.91 Å². The number of fused-ring (bicyclic) bond motifs is 2. The molecule has 0 fully saturated rings. The largest absolute Gasteiger partial charge is 0.454 e. The molecule has 0 radical (unpaired) electrons. The van der Waals surface area contributed by atoms with Crippen LogP contribution in [0.5, 0.6) is 11.5 Å². The van der Waals surface area contributed by atoms with E-state index < -0.39 is 0 Å². The molecule has 3 heterocycles. The first kappa shape index (κ1) is 15.3. The van der Waals surface area contributed by atoms with Gasteiger partial charge < -0.3 is 19.7 Å². The maximum Gasteiger partial charge on any atom is 0.258 e. The second-order valence-corrected chi connectivity index (χ2v) is 7.21. The maximum atomic E-state index is 13.2. The summed E-state index contributed by atoms with van der Waals surface area (Å²) in [7, 11) is 0. The van der Waals surface area contributed by atoms with Crippen LogP contribution in [-0.4, -0.2) is 17.6 Å². The Kier molecular flexibility index (Phi) is 3.57. The normalized spacial score (nSPS) is 17.8. The molecule has 130 valence electrons. The predicted molar refractivity (Wildman–Crippen MR) is 99.6 cm³/mol. The standard InChI is InChI=1S/C20H16N2O3S/c23-20-14-4-1-2-5-15(14)21-19(18-6-3-9-26-18)22(20)11-13-7-8-16-17(10-13)25-12-24-16/h1-10,19,21H,11-12H2/t19-/m0/s1. The number of rotatable bonds is 3. The number of carbonyl (C=O) groups excluding carboxylic acids is 1. The first-order valence-electron chi connectivity index (χ1n) is 8.38. The molecule has 0 spiro atoms. The molecule has 1 aromatic heterocycles. The summed E-state index contributed by atoms with van der Waals surface area (Å²) in [5.74, 6) is 1.50. The van der Waals surface area contributed by atoms with E-state index in [2.05, 4.69) is 11.4 Å². The summed E-state index contributed by atoms with van der Waals surface area (Å²) in [5, 5.41) is 5.54. The molecule has 0 aliphatic carbocycles. The van der Waals surface area contributed by atoms with E-state index in [0.717, 1.165) is 27.6 Å². The monoisotopic (exact) mass is 364 g/mol. The summed E-state index contributed by atoms with van der Waals surface area (Å²) < 4.78 is 10.8. The first-order chi connectivity index (χ1) is 12.8. The molecule has 0 bridgehead atoms. The number of carbonyl (C=O) groups is 1. The molecule has 1 atom stereocenters. The van der Waals surface area contributed by atoms with Crippen molar-refractivity contribution in [2.45, 2.75) is 12.7 Å². The Bertz CT molecular complexity index is 971. The second-order valence-electron chi connectivity index (χ2n) is 6.23. The zero-order chi connectivity index (χ0) is 17.5. The van der Waals surface area contributed by atoms with Gasteiger partial charge in [-0.05, 0) is 41.3 Å². The Morgan fingerprint density at radius 3 is 2.85 bits per heavy atom. The molecular weight excluding hydrogens is 348 g/mol. The predicted octanol–water partition coefficient (Wildman–Crippen LogP) is 4.24. The van der Waals surface area contributed by atoms with Crippen molar-refractivity contribution in [1.82, 2.24) is 4.90 Å².